The van der Waals surface area contributed by atoms with Crippen molar-refractivity contribution in [3.05, 3.63) is 0 Å². The molecule has 0 aromatic carbocycles. The molecule has 0 atom stereocenters. The van der Waals surface area contributed by atoms with E-state index < -0.39 is 0 Å². The van der Waals surface area contributed by atoms with E-state index >= 15 is 0 Å². The largest absolute Gasteiger partial charge is 0.463 e. The fourth-order valence-electron chi connectivity index (χ4n) is 0.189. The highest BCUT2D eigenvalue weighted by Gasteiger charge is 1.86. The predicted octanol–water partition coefficient (Wildman–Crippen LogP) is -0.296. The lowest BCUT2D eigenvalue weighted by Crippen LogP contribution is -2.03. The molecule has 0 saturated carbocycles. The van der Waals surface area contributed by atoms with E-state index in [9.17, 15) is 4.79 Å². The van der Waals surface area contributed by atoms with Crippen molar-refractivity contribution >= 4 is 5.97 Å². The van der Waals surface area contributed by atoms with Gasteiger partial charge in [0.15, 0.2) is 0 Å². The van der Waals surface area contributed by atoms with Crippen molar-refractivity contribution in [2.45, 2.75) is 6.92 Å². The van der Waals surface area contributed by atoms with E-state index in [1.165, 1.54) is 6.92 Å². The summed E-state index contributed by atoms with van der Waals surface area (Å²) in [5.74, 6) is -0.353. The van der Waals surface area contributed by atoms with E-state index in [0.29, 0.717) is 0 Å². The standard InChI is InChI=1S/C4H8O3.H3N/c1-4(6)7-3-2-5;/h5H,2-3H2,1H3;1H3. The van der Waals surface area contributed by atoms with E-state index in [1.54, 1.807) is 0 Å². The Balaban J connectivity index is 0. The molecule has 50 valence electrons. The van der Waals surface area contributed by atoms with Crippen molar-refractivity contribution in [3.8, 4) is 0 Å². The minimum Gasteiger partial charge on any atom is -0.463 e. The number of hydrogen-bond acceptors (Lipinski definition) is 4. The van der Waals surface area contributed by atoms with Crippen LogP contribution in [0.5, 0.6) is 0 Å². The van der Waals surface area contributed by atoms with E-state index in [2.05, 4.69) is 4.74 Å². The topological polar surface area (TPSA) is 81.5 Å². The Hall–Kier alpha value is -0.610. The van der Waals surface area contributed by atoms with Gasteiger partial charge in [-0.15, -0.1) is 0 Å². The van der Waals surface area contributed by atoms with Gasteiger partial charge in [-0.05, 0) is 0 Å². The van der Waals surface area contributed by atoms with Gasteiger partial charge in [-0.3, -0.25) is 4.79 Å². The summed E-state index contributed by atoms with van der Waals surface area (Å²) in [6.45, 7) is 1.31. The quantitative estimate of drug-likeness (QED) is 0.491. The van der Waals surface area contributed by atoms with Crippen LogP contribution in [0.4, 0.5) is 0 Å². The third kappa shape index (κ3) is 9.04. The SMILES string of the molecule is CC(=O)OCCO.N. The van der Waals surface area contributed by atoms with Gasteiger partial charge >= 0.3 is 5.97 Å². The van der Waals surface area contributed by atoms with Gasteiger partial charge in [-0.2, -0.15) is 0 Å². The number of hydrogen-bond donors (Lipinski definition) is 2. The van der Waals surface area contributed by atoms with Crippen molar-refractivity contribution < 1.29 is 14.6 Å². The Morgan fingerprint density at radius 2 is 2.25 bits per heavy atom. The number of aliphatic hydroxyl groups is 1. The van der Waals surface area contributed by atoms with Crippen molar-refractivity contribution in [1.82, 2.24) is 6.15 Å². The number of esters is 1. The molecule has 0 aromatic heterocycles. The summed E-state index contributed by atoms with van der Waals surface area (Å²) in [6.07, 6.45) is 0. The zero-order chi connectivity index (χ0) is 5.70. The number of carbonyl (C=O) groups excluding carboxylic acids is 1. The van der Waals surface area contributed by atoms with E-state index in [1.807, 2.05) is 0 Å². The average molecular weight is 121 g/mol. The van der Waals surface area contributed by atoms with Gasteiger partial charge in [0.05, 0.1) is 6.61 Å². The molecule has 0 saturated heterocycles. The number of rotatable bonds is 2. The lowest BCUT2D eigenvalue weighted by Gasteiger charge is -1.93. The zero-order valence-electron chi connectivity index (χ0n) is 4.89. The predicted molar refractivity (Wildman–Crippen MR) is 28.7 cm³/mol. The Morgan fingerprint density at radius 3 is 2.38 bits per heavy atom. The molecular weight excluding hydrogens is 110 g/mol. The molecule has 0 heterocycles. The van der Waals surface area contributed by atoms with Gasteiger partial charge in [0.1, 0.15) is 6.61 Å². The normalized spacial score (nSPS) is 7.25. The molecule has 0 aliphatic heterocycles. The molecule has 0 aromatic rings. The molecule has 0 unspecified atom stereocenters. The second-order valence-electron chi connectivity index (χ2n) is 1.06. The summed E-state index contributed by atoms with van der Waals surface area (Å²) >= 11 is 0. The maximum absolute atomic E-state index is 9.87. The Bertz CT molecular complexity index is 64.3. The molecule has 0 fully saturated rings. The lowest BCUT2D eigenvalue weighted by atomic mass is 10.7. The summed E-state index contributed by atoms with van der Waals surface area (Å²) in [5.41, 5.74) is 0. The van der Waals surface area contributed by atoms with Crippen LogP contribution in [0.25, 0.3) is 0 Å². The lowest BCUT2D eigenvalue weighted by molar-refractivity contribution is -0.141. The maximum Gasteiger partial charge on any atom is 0.302 e. The highest BCUT2D eigenvalue weighted by atomic mass is 16.5. The highest BCUT2D eigenvalue weighted by Crippen LogP contribution is 1.71. The second-order valence-corrected chi connectivity index (χ2v) is 1.06. The first-order valence-corrected chi connectivity index (χ1v) is 2.01. The van der Waals surface area contributed by atoms with Crippen LogP contribution < -0.4 is 6.15 Å². The summed E-state index contributed by atoms with van der Waals surface area (Å²) in [6, 6.07) is 0. The first-order valence-electron chi connectivity index (χ1n) is 2.01. The first kappa shape index (κ1) is 10.4. The fraction of sp³-hybridized carbons (Fsp3) is 0.750. The van der Waals surface area contributed by atoms with Gasteiger partial charge in [0, 0.05) is 6.92 Å². The van der Waals surface area contributed by atoms with Crippen LogP contribution >= 0.6 is 0 Å². The molecule has 4 nitrogen and oxygen atoms in total. The van der Waals surface area contributed by atoms with Gasteiger partial charge in [-0.1, -0.05) is 0 Å². The molecule has 4 N–H and O–H groups in total. The molecule has 0 aliphatic rings. The molecule has 4 heteroatoms. The van der Waals surface area contributed by atoms with Crippen LogP contribution in [0.15, 0.2) is 0 Å². The van der Waals surface area contributed by atoms with Crippen molar-refractivity contribution in [1.29, 1.82) is 0 Å². The Morgan fingerprint density at radius 1 is 1.75 bits per heavy atom. The van der Waals surface area contributed by atoms with E-state index in [4.69, 9.17) is 5.11 Å². The number of aliphatic hydroxyl groups excluding tert-OH is 1. The molecule has 0 amide bonds. The Labute approximate surface area is 48.0 Å². The third-order valence-electron chi connectivity index (χ3n) is 0.397. The monoisotopic (exact) mass is 121 g/mol. The van der Waals surface area contributed by atoms with Gasteiger partial charge < -0.3 is 16.0 Å². The minimum absolute atomic E-state index is 0. The molecule has 0 rings (SSSR count). The summed E-state index contributed by atoms with van der Waals surface area (Å²) in [4.78, 5) is 9.87. The summed E-state index contributed by atoms with van der Waals surface area (Å²) < 4.78 is 4.30. The van der Waals surface area contributed by atoms with Gasteiger partial charge in [0.25, 0.3) is 0 Å². The summed E-state index contributed by atoms with van der Waals surface area (Å²) in [5, 5.41) is 8.04. The van der Waals surface area contributed by atoms with E-state index in [-0.39, 0.29) is 25.3 Å². The number of ether oxygens (including phenoxy) is 1. The molecule has 0 spiro atoms. The Kier molecular flexibility index (Phi) is 8.30. The summed E-state index contributed by atoms with van der Waals surface area (Å²) in [7, 11) is 0. The molecular formula is C4H11NO3. The molecule has 0 aliphatic carbocycles. The number of carbonyl (C=O) groups is 1. The molecule has 8 heavy (non-hydrogen) atoms. The third-order valence-corrected chi connectivity index (χ3v) is 0.397. The highest BCUT2D eigenvalue weighted by molar-refractivity contribution is 5.65. The van der Waals surface area contributed by atoms with Crippen LogP contribution in [-0.2, 0) is 9.53 Å². The van der Waals surface area contributed by atoms with Crippen LogP contribution in [0.3, 0.4) is 0 Å². The van der Waals surface area contributed by atoms with E-state index in [0.717, 1.165) is 0 Å². The zero-order valence-corrected chi connectivity index (χ0v) is 4.89. The fourth-order valence-corrected chi connectivity index (χ4v) is 0.189. The van der Waals surface area contributed by atoms with Crippen LogP contribution in [-0.4, -0.2) is 24.3 Å². The van der Waals surface area contributed by atoms with Crippen molar-refractivity contribution in [2.24, 2.45) is 0 Å². The smallest absolute Gasteiger partial charge is 0.302 e. The van der Waals surface area contributed by atoms with Crippen LogP contribution in [0.2, 0.25) is 0 Å². The van der Waals surface area contributed by atoms with Crippen LogP contribution in [0.1, 0.15) is 6.92 Å². The molecule has 0 bridgehead atoms. The second kappa shape index (κ2) is 6.39. The maximum atomic E-state index is 9.87. The van der Waals surface area contributed by atoms with Gasteiger partial charge in [-0.25, -0.2) is 0 Å². The minimum atomic E-state index is -0.353. The van der Waals surface area contributed by atoms with Crippen LogP contribution in [0, 0.1) is 0 Å². The van der Waals surface area contributed by atoms with Crippen molar-refractivity contribution in [3.63, 3.8) is 0 Å². The van der Waals surface area contributed by atoms with Gasteiger partial charge in [0.2, 0.25) is 0 Å². The average Bonchev–Trinajstić information content (AvgIpc) is 1.61. The first-order chi connectivity index (χ1) is 3.27. The molecule has 0 radical (unpaired) electrons. The van der Waals surface area contributed by atoms with Crippen molar-refractivity contribution in [2.75, 3.05) is 13.2 Å².